The molecule has 1 spiro atoms. The number of phenolic OH excluding ortho intramolecular Hbond substituents is 1. The minimum atomic E-state index is -0.706. The van der Waals surface area contributed by atoms with Crippen LogP contribution in [0.2, 0.25) is 0 Å². The van der Waals surface area contributed by atoms with Gasteiger partial charge in [0.2, 0.25) is 0 Å². The highest BCUT2D eigenvalue weighted by Gasteiger charge is 2.64. The van der Waals surface area contributed by atoms with E-state index in [-0.39, 0.29) is 34.8 Å². The number of hydrogen-bond acceptors (Lipinski definition) is 5. The minimum Gasteiger partial charge on any atom is -0.504 e. The van der Waals surface area contributed by atoms with E-state index in [1.165, 1.54) is 0 Å². The van der Waals surface area contributed by atoms with E-state index >= 15 is 0 Å². The predicted octanol–water partition coefficient (Wildman–Crippen LogP) is 3.88. The first-order chi connectivity index (χ1) is 15.9. The molecule has 0 amide bonds. The normalized spacial score (nSPS) is 32.2. The van der Waals surface area contributed by atoms with Crippen LogP contribution in [-0.4, -0.2) is 52.7 Å². The van der Waals surface area contributed by atoms with E-state index in [0.29, 0.717) is 12.2 Å². The fourth-order valence-corrected chi connectivity index (χ4v) is 7.25. The summed E-state index contributed by atoms with van der Waals surface area (Å²) in [7, 11) is 2.17. The van der Waals surface area contributed by atoms with Crippen molar-refractivity contribution in [3.8, 4) is 11.5 Å². The first-order valence-corrected chi connectivity index (χ1v) is 12.1. The Morgan fingerprint density at radius 1 is 1.30 bits per heavy atom. The van der Waals surface area contributed by atoms with Gasteiger partial charge in [0, 0.05) is 34.4 Å². The Morgan fingerprint density at radius 3 is 2.85 bits per heavy atom. The number of likely N-dealkylation sites (N-methyl/N-ethyl adjacent to an activating group) is 1. The van der Waals surface area contributed by atoms with E-state index in [1.54, 1.807) is 6.07 Å². The molecule has 1 unspecified atom stereocenters. The van der Waals surface area contributed by atoms with Crippen molar-refractivity contribution < 1.29 is 19.7 Å². The van der Waals surface area contributed by atoms with Gasteiger partial charge in [0.15, 0.2) is 17.3 Å². The van der Waals surface area contributed by atoms with Crippen LogP contribution in [0, 0.1) is 12.8 Å². The number of aromatic hydroxyl groups is 1. The van der Waals surface area contributed by atoms with E-state index in [9.17, 15) is 15.0 Å². The number of Topliss-reactive ketones (excluding diaryl/α,β-unsaturated/α-hetero) is 1. The fraction of sp³-hybridized carbons (Fsp3) is 0.464. The maximum atomic E-state index is 13.8. The van der Waals surface area contributed by atoms with Crippen LogP contribution in [0.3, 0.4) is 0 Å². The third-order valence-corrected chi connectivity index (χ3v) is 8.82. The maximum absolute atomic E-state index is 13.8. The van der Waals surface area contributed by atoms with E-state index < -0.39 is 12.2 Å². The maximum Gasteiger partial charge on any atom is 0.170 e. The number of ketones is 1. The average molecular weight is 446 g/mol. The first-order valence-electron chi connectivity index (χ1n) is 12.1. The van der Waals surface area contributed by atoms with E-state index in [4.69, 9.17) is 4.74 Å². The lowest BCUT2D eigenvalue weighted by Gasteiger charge is -2.56. The standard InChI is InChI=1S/C28H31NO4/c1-4-16(25(32)17-8-6-5-7-15(17)2)18-14-23(31)26-24-19(18)13-21-20-9-10-22(30)27(33-26)28(20,24)11-12-29(21)3/h5-10,14,16,20-22,27,30-31H,4,11-13H2,1-3H3/t16?,20-,21+,22-,27-,28-/m0/s1. The van der Waals surface area contributed by atoms with Crippen LogP contribution in [0.1, 0.15) is 58.3 Å². The van der Waals surface area contributed by atoms with Gasteiger partial charge in [-0.05, 0) is 62.5 Å². The number of aliphatic hydroxyl groups is 1. The number of likely N-dealkylation sites (tertiary alicyclic amines) is 1. The molecule has 0 saturated carbocycles. The summed E-state index contributed by atoms with van der Waals surface area (Å²) in [6.45, 7) is 4.94. The van der Waals surface area contributed by atoms with Crippen LogP contribution in [0.15, 0.2) is 42.5 Å². The van der Waals surface area contributed by atoms with Gasteiger partial charge >= 0.3 is 0 Å². The molecular weight excluding hydrogens is 414 g/mol. The smallest absolute Gasteiger partial charge is 0.170 e. The number of ether oxygens (including phenoxy) is 1. The third kappa shape index (κ3) is 2.64. The van der Waals surface area contributed by atoms with Crippen molar-refractivity contribution in [1.82, 2.24) is 4.90 Å². The van der Waals surface area contributed by atoms with Gasteiger partial charge in [-0.3, -0.25) is 4.79 Å². The molecule has 0 aromatic heterocycles. The summed E-state index contributed by atoms with van der Waals surface area (Å²) < 4.78 is 6.33. The summed E-state index contributed by atoms with van der Waals surface area (Å²) in [6.07, 6.45) is 5.26. The van der Waals surface area contributed by atoms with Crippen molar-refractivity contribution in [1.29, 1.82) is 0 Å². The molecule has 2 N–H and O–H groups in total. The molecule has 1 fully saturated rings. The van der Waals surface area contributed by atoms with Crippen LogP contribution >= 0.6 is 0 Å². The number of aryl methyl sites for hydroxylation is 1. The van der Waals surface area contributed by atoms with Gasteiger partial charge < -0.3 is 19.8 Å². The van der Waals surface area contributed by atoms with Crippen molar-refractivity contribution in [3.05, 3.63) is 70.3 Å². The van der Waals surface area contributed by atoms with Crippen molar-refractivity contribution >= 4 is 5.78 Å². The molecule has 5 nitrogen and oxygen atoms in total. The minimum absolute atomic E-state index is 0.0897. The third-order valence-electron chi connectivity index (χ3n) is 8.82. The Kier molecular flexibility index (Phi) is 4.56. The molecule has 0 radical (unpaired) electrons. The van der Waals surface area contributed by atoms with E-state index in [1.807, 2.05) is 44.2 Å². The van der Waals surface area contributed by atoms with Gasteiger partial charge in [-0.25, -0.2) is 0 Å². The van der Waals surface area contributed by atoms with Gasteiger partial charge in [0.1, 0.15) is 12.2 Å². The van der Waals surface area contributed by atoms with Gasteiger partial charge in [0.25, 0.3) is 0 Å². The number of benzene rings is 2. The van der Waals surface area contributed by atoms with Crippen LogP contribution in [0.4, 0.5) is 0 Å². The summed E-state index contributed by atoms with van der Waals surface area (Å²) in [5.41, 5.74) is 4.48. The zero-order chi connectivity index (χ0) is 23.1. The molecule has 2 aliphatic carbocycles. The summed E-state index contributed by atoms with van der Waals surface area (Å²) in [5.74, 6) is 0.600. The molecule has 2 aromatic carbocycles. The summed E-state index contributed by atoms with van der Waals surface area (Å²) in [5, 5.41) is 22.0. The predicted molar refractivity (Wildman–Crippen MR) is 126 cm³/mol. The number of hydrogen-bond donors (Lipinski definition) is 2. The highest BCUT2D eigenvalue weighted by molar-refractivity contribution is 6.02. The van der Waals surface area contributed by atoms with Crippen LogP contribution in [-0.2, 0) is 11.8 Å². The van der Waals surface area contributed by atoms with Crippen molar-refractivity contribution in [2.45, 2.75) is 62.7 Å². The Morgan fingerprint density at radius 2 is 2.09 bits per heavy atom. The number of rotatable bonds is 4. The molecule has 6 atom stereocenters. The highest BCUT2D eigenvalue weighted by atomic mass is 16.5. The largest absolute Gasteiger partial charge is 0.504 e. The number of nitrogens with zero attached hydrogens (tertiary/aromatic N) is 1. The lowest BCUT2D eigenvalue weighted by atomic mass is 9.52. The number of aliphatic hydroxyl groups excluding tert-OH is 1. The summed E-state index contributed by atoms with van der Waals surface area (Å²) in [6, 6.07) is 9.78. The van der Waals surface area contributed by atoms with E-state index in [0.717, 1.165) is 47.2 Å². The Bertz CT molecular complexity index is 1190. The van der Waals surface area contributed by atoms with Gasteiger partial charge in [-0.1, -0.05) is 43.3 Å². The van der Waals surface area contributed by atoms with Crippen molar-refractivity contribution in [2.75, 3.05) is 13.6 Å². The molecule has 4 aliphatic rings. The molecule has 172 valence electrons. The highest BCUT2D eigenvalue weighted by Crippen LogP contribution is 2.63. The molecule has 5 heteroatoms. The van der Waals surface area contributed by atoms with Crippen LogP contribution in [0.5, 0.6) is 11.5 Å². The van der Waals surface area contributed by atoms with Gasteiger partial charge in [0.05, 0.1) is 0 Å². The Hall–Kier alpha value is -2.63. The zero-order valence-electron chi connectivity index (χ0n) is 19.4. The summed E-state index contributed by atoms with van der Waals surface area (Å²) in [4.78, 5) is 16.2. The van der Waals surface area contributed by atoms with Crippen LogP contribution in [0.25, 0.3) is 0 Å². The molecule has 33 heavy (non-hydrogen) atoms. The van der Waals surface area contributed by atoms with Crippen molar-refractivity contribution in [3.63, 3.8) is 0 Å². The SMILES string of the molecule is CCC(C(=O)c1ccccc1C)c1cc(O)c2c3c1C[C@@H]1[C@@H]4C=C[C@H](O)[C@H](O2)[C@]34CCN1C. The molecule has 1 saturated heterocycles. The average Bonchev–Trinajstić information content (AvgIpc) is 3.16. The second kappa shape index (κ2) is 7.18. The van der Waals surface area contributed by atoms with Crippen molar-refractivity contribution in [2.24, 2.45) is 5.92 Å². The number of phenols is 1. The fourth-order valence-electron chi connectivity index (χ4n) is 7.25. The first kappa shape index (κ1) is 20.9. The second-order valence-electron chi connectivity index (χ2n) is 10.3. The molecule has 2 heterocycles. The number of carbonyl (C=O) groups excluding carboxylic acids is 1. The monoisotopic (exact) mass is 445 g/mol. The molecular formula is C28H31NO4. The second-order valence-corrected chi connectivity index (χ2v) is 10.3. The number of piperidine rings is 1. The molecule has 2 bridgehead atoms. The lowest BCUT2D eigenvalue weighted by molar-refractivity contribution is -0.0454. The van der Waals surface area contributed by atoms with Crippen LogP contribution < -0.4 is 4.74 Å². The number of carbonyl (C=O) groups is 1. The molecule has 2 aromatic rings. The molecule has 6 rings (SSSR count). The summed E-state index contributed by atoms with van der Waals surface area (Å²) >= 11 is 0. The van der Waals surface area contributed by atoms with E-state index in [2.05, 4.69) is 18.0 Å². The van der Waals surface area contributed by atoms with Gasteiger partial charge in [-0.15, -0.1) is 0 Å². The topological polar surface area (TPSA) is 70.0 Å². The lowest BCUT2D eigenvalue weighted by Crippen LogP contribution is -2.64. The zero-order valence-corrected chi connectivity index (χ0v) is 19.4. The molecule has 2 aliphatic heterocycles. The van der Waals surface area contributed by atoms with Gasteiger partial charge in [-0.2, -0.15) is 0 Å². The Labute approximate surface area is 194 Å². The quantitative estimate of drug-likeness (QED) is 0.552. The Balaban J connectivity index is 1.57.